The summed E-state index contributed by atoms with van der Waals surface area (Å²) in [7, 11) is 0. The summed E-state index contributed by atoms with van der Waals surface area (Å²) in [5, 5.41) is 0.693. The van der Waals surface area contributed by atoms with Crippen molar-refractivity contribution in [3.63, 3.8) is 0 Å². The highest BCUT2D eigenvalue weighted by molar-refractivity contribution is 9.10. The van der Waals surface area contributed by atoms with Crippen LogP contribution in [0, 0.1) is 0 Å². The first-order valence-corrected chi connectivity index (χ1v) is 8.55. The van der Waals surface area contributed by atoms with Crippen LogP contribution in [-0.4, -0.2) is 12.6 Å². The molecule has 0 unspecified atom stereocenters. The second-order valence-electron chi connectivity index (χ2n) is 4.17. The summed E-state index contributed by atoms with van der Waals surface area (Å²) in [5.74, 6) is 0.347. The standard InChI is InChI=1S/C15H10Br2Cl2O3/c1-2-21-13-4-3-8(5-10(13)16)15(20)22-14-11(17)6-9(18)7-12(14)19/h3-7H,2H2,1H3. The van der Waals surface area contributed by atoms with E-state index in [0.29, 0.717) is 31.9 Å². The number of benzene rings is 2. The molecule has 0 saturated carbocycles. The van der Waals surface area contributed by atoms with E-state index in [1.807, 2.05) is 6.92 Å². The van der Waals surface area contributed by atoms with E-state index < -0.39 is 5.97 Å². The second-order valence-corrected chi connectivity index (χ2v) is 6.72. The Kier molecular flexibility index (Phi) is 6.15. The van der Waals surface area contributed by atoms with E-state index >= 15 is 0 Å². The Morgan fingerprint density at radius 3 is 2.45 bits per heavy atom. The maximum Gasteiger partial charge on any atom is 0.343 e. The minimum atomic E-state index is -0.534. The first kappa shape index (κ1) is 17.6. The SMILES string of the molecule is CCOc1ccc(C(=O)Oc2c(Cl)cc(Cl)cc2Br)cc1Br. The van der Waals surface area contributed by atoms with Gasteiger partial charge in [-0.3, -0.25) is 0 Å². The number of hydrogen-bond donors (Lipinski definition) is 0. The molecule has 22 heavy (non-hydrogen) atoms. The predicted octanol–water partition coefficient (Wildman–Crippen LogP) is 6.14. The maximum absolute atomic E-state index is 12.2. The molecule has 0 spiro atoms. The molecule has 7 heteroatoms. The van der Waals surface area contributed by atoms with Crippen molar-refractivity contribution in [3.8, 4) is 11.5 Å². The molecule has 0 amide bonds. The normalized spacial score (nSPS) is 10.4. The number of esters is 1. The van der Waals surface area contributed by atoms with Gasteiger partial charge in [-0.1, -0.05) is 23.2 Å². The lowest BCUT2D eigenvalue weighted by molar-refractivity contribution is 0.0733. The Labute approximate surface area is 154 Å². The number of carbonyl (C=O) groups excluding carboxylic acids is 1. The predicted molar refractivity (Wildman–Crippen MR) is 94.4 cm³/mol. The molecule has 0 fully saturated rings. The summed E-state index contributed by atoms with van der Waals surface area (Å²) in [6.45, 7) is 2.42. The molecule has 0 bridgehead atoms. The van der Waals surface area contributed by atoms with Gasteiger partial charge in [-0.25, -0.2) is 4.79 Å². The van der Waals surface area contributed by atoms with Crippen LogP contribution >= 0.6 is 55.1 Å². The van der Waals surface area contributed by atoms with Crippen LogP contribution in [0.15, 0.2) is 39.3 Å². The Hall–Kier alpha value is -0.750. The minimum Gasteiger partial charge on any atom is -0.493 e. The van der Waals surface area contributed by atoms with Gasteiger partial charge in [0.25, 0.3) is 0 Å². The van der Waals surface area contributed by atoms with Gasteiger partial charge in [0.1, 0.15) is 5.75 Å². The molecule has 0 aromatic heterocycles. The molecule has 2 aromatic carbocycles. The summed E-state index contributed by atoms with van der Waals surface area (Å²) in [6.07, 6.45) is 0. The first-order valence-electron chi connectivity index (χ1n) is 6.21. The Bertz CT molecular complexity index is 697. The van der Waals surface area contributed by atoms with Gasteiger partial charge in [0.15, 0.2) is 5.75 Å². The van der Waals surface area contributed by atoms with Crippen molar-refractivity contribution in [2.45, 2.75) is 6.92 Å². The van der Waals surface area contributed by atoms with Gasteiger partial charge in [-0.2, -0.15) is 0 Å². The third-order valence-corrected chi connectivity index (χ3v) is 4.33. The van der Waals surface area contributed by atoms with Crippen LogP contribution in [0.2, 0.25) is 10.0 Å². The van der Waals surface area contributed by atoms with Crippen LogP contribution in [0.25, 0.3) is 0 Å². The van der Waals surface area contributed by atoms with Gasteiger partial charge in [-0.05, 0) is 69.1 Å². The fourth-order valence-corrected chi connectivity index (χ4v) is 3.49. The van der Waals surface area contributed by atoms with E-state index in [0.717, 1.165) is 0 Å². The molecule has 0 heterocycles. The Balaban J connectivity index is 2.25. The number of carbonyl (C=O) groups is 1. The zero-order chi connectivity index (χ0) is 16.3. The van der Waals surface area contributed by atoms with Crippen LogP contribution in [0.3, 0.4) is 0 Å². The van der Waals surface area contributed by atoms with E-state index in [-0.39, 0.29) is 10.8 Å². The lowest BCUT2D eigenvalue weighted by Gasteiger charge is -2.10. The average molecular weight is 469 g/mol. The summed E-state index contributed by atoms with van der Waals surface area (Å²) in [6, 6.07) is 8.05. The highest BCUT2D eigenvalue weighted by atomic mass is 79.9. The molecule has 0 radical (unpaired) electrons. The summed E-state index contributed by atoms with van der Waals surface area (Å²) in [4.78, 5) is 12.2. The average Bonchev–Trinajstić information content (AvgIpc) is 2.45. The van der Waals surface area contributed by atoms with Crippen LogP contribution < -0.4 is 9.47 Å². The molecule has 116 valence electrons. The maximum atomic E-state index is 12.2. The third kappa shape index (κ3) is 4.16. The van der Waals surface area contributed by atoms with E-state index in [2.05, 4.69) is 31.9 Å². The van der Waals surface area contributed by atoms with Crippen molar-refractivity contribution in [1.82, 2.24) is 0 Å². The molecule has 0 N–H and O–H groups in total. The van der Waals surface area contributed by atoms with E-state index in [4.69, 9.17) is 32.7 Å². The molecule has 2 rings (SSSR count). The van der Waals surface area contributed by atoms with Gasteiger partial charge in [0.2, 0.25) is 0 Å². The van der Waals surface area contributed by atoms with Crippen molar-refractivity contribution in [3.05, 3.63) is 54.9 Å². The molecule has 0 aliphatic heterocycles. The zero-order valence-corrected chi connectivity index (χ0v) is 16.0. The van der Waals surface area contributed by atoms with Gasteiger partial charge in [-0.15, -0.1) is 0 Å². The lowest BCUT2D eigenvalue weighted by atomic mass is 10.2. The minimum absolute atomic E-state index is 0.223. The number of ether oxygens (including phenoxy) is 2. The van der Waals surface area contributed by atoms with Gasteiger partial charge < -0.3 is 9.47 Å². The van der Waals surface area contributed by atoms with Crippen molar-refractivity contribution in [1.29, 1.82) is 0 Å². The molecular weight excluding hydrogens is 459 g/mol. The highest BCUT2D eigenvalue weighted by Crippen LogP contribution is 2.36. The van der Waals surface area contributed by atoms with Crippen LogP contribution in [0.5, 0.6) is 11.5 Å². The molecule has 0 saturated heterocycles. The third-order valence-electron chi connectivity index (χ3n) is 2.63. The number of hydrogen-bond acceptors (Lipinski definition) is 3. The summed E-state index contributed by atoms with van der Waals surface area (Å²) in [5.41, 5.74) is 0.369. The Morgan fingerprint density at radius 1 is 1.14 bits per heavy atom. The quantitative estimate of drug-likeness (QED) is 0.399. The van der Waals surface area contributed by atoms with Crippen molar-refractivity contribution < 1.29 is 14.3 Å². The van der Waals surface area contributed by atoms with Crippen LogP contribution in [0.4, 0.5) is 0 Å². The topological polar surface area (TPSA) is 35.5 Å². The number of halogens is 4. The van der Waals surface area contributed by atoms with Crippen molar-refractivity contribution >= 4 is 61.0 Å². The van der Waals surface area contributed by atoms with E-state index in [1.165, 1.54) is 6.07 Å². The highest BCUT2D eigenvalue weighted by Gasteiger charge is 2.16. The first-order chi connectivity index (χ1) is 10.4. The molecule has 3 nitrogen and oxygen atoms in total. The summed E-state index contributed by atoms with van der Waals surface area (Å²) < 4.78 is 11.9. The van der Waals surface area contributed by atoms with E-state index in [1.54, 1.807) is 24.3 Å². The molecule has 0 aliphatic carbocycles. The van der Waals surface area contributed by atoms with Crippen molar-refractivity contribution in [2.75, 3.05) is 6.61 Å². The molecule has 0 aliphatic rings. The van der Waals surface area contributed by atoms with Gasteiger partial charge in [0.05, 0.1) is 26.1 Å². The summed E-state index contributed by atoms with van der Waals surface area (Å²) >= 11 is 18.5. The Morgan fingerprint density at radius 2 is 1.86 bits per heavy atom. The fraction of sp³-hybridized carbons (Fsp3) is 0.133. The second kappa shape index (κ2) is 7.68. The molecule has 2 aromatic rings. The van der Waals surface area contributed by atoms with Gasteiger partial charge >= 0.3 is 5.97 Å². The number of rotatable bonds is 4. The van der Waals surface area contributed by atoms with E-state index in [9.17, 15) is 4.79 Å². The zero-order valence-electron chi connectivity index (χ0n) is 11.3. The fourth-order valence-electron chi connectivity index (χ4n) is 1.68. The monoisotopic (exact) mass is 466 g/mol. The largest absolute Gasteiger partial charge is 0.493 e. The van der Waals surface area contributed by atoms with Gasteiger partial charge in [0, 0.05) is 5.02 Å². The van der Waals surface area contributed by atoms with Crippen LogP contribution in [-0.2, 0) is 0 Å². The van der Waals surface area contributed by atoms with Crippen molar-refractivity contribution in [2.24, 2.45) is 0 Å². The lowest BCUT2D eigenvalue weighted by Crippen LogP contribution is -2.09. The molecular formula is C15H10Br2Cl2O3. The molecule has 0 atom stereocenters. The smallest absolute Gasteiger partial charge is 0.343 e. The van der Waals surface area contributed by atoms with Crippen LogP contribution in [0.1, 0.15) is 17.3 Å².